The maximum absolute atomic E-state index is 5.84. The topological polar surface area (TPSA) is 30.5 Å². The van der Waals surface area contributed by atoms with Crippen LogP contribution in [0.25, 0.3) is 0 Å². The molecule has 3 heteroatoms. The molecule has 0 aliphatic rings. The van der Waals surface area contributed by atoms with E-state index in [9.17, 15) is 0 Å². The van der Waals surface area contributed by atoms with Gasteiger partial charge >= 0.3 is 0 Å². The quantitative estimate of drug-likeness (QED) is 0.664. The van der Waals surface area contributed by atoms with Crippen molar-refractivity contribution in [1.82, 2.24) is 5.32 Å². The molecule has 0 aliphatic carbocycles. The second-order valence-corrected chi connectivity index (χ2v) is 5.71. The zero-order valence-electron chi connectivity index (χ0n) is 13.3. The van der Waals surface area contributed by atoms with E-state index >= 15 is 0 Å². The van der Waals surface area contributed by atoms with Gasteiger partial charge in [-0.2, -0.15) is 0 Å². The van der Waals surface area contributed by atoms with Gasteiger partial charge in [-0.05, 0) is 38.8 Å². The van der Waals surface area contributed by atoms with Crippen molar-refractivity contribution in [3.8, 4) is 0 Å². The Bertz CT molecular complexity index is 351. The summed E-state index contributed by atoms with van der Waals surface area (Å²) >= 11 is 0. The van der Waals surface area contributed by atoms with E-state index in [2.05, 4.69) is 50.4 Å². The summed E-state index contributed by atoms with van der Waals surface area (Å²) in [5, 5.41) is 3.54. The molecule has 114 valence electrons. The normalized spacial score (nSPS) is 13.4. The first kappa shape index (κ1) is 17.2. The molecule has 0 amide bonds. The molecule has 1 N–H and O–H groups in total. The highest BCUT2D eigenvalue weighted by molar-refractivity contribution is 5.18. The van der Waals surface area contributed by atoms with Crippen LogP contribution in [0.2, 0.25) is 0 Å². The lowest BCUT2D eigenvalue weighted by Gasteiger charge is -2.24. The molecule has 0 saturated carbocycles. The Morgan fingerprint density at radius 3 is 2.50 bits per heavy atom. The first-order valence-electron chi connectivity index (χ1n) is 7.50. The number of hydrogen-bond donors (Lipinski definition) is 1. The summed E-state index contributed by atoms with van der Waals surface area (Å²) in [4.78, 5) is 0. The lowest BCUT2D eigenvalue weighted by molar-refractivity contribution is -0.0124. The van der Waals surface area contributed by atoms with Gasteiger partial charge in [-0.1, -0.05) is 37.3 Å². The van der Waals surface area contributed by atoms with Gasteiger partial charge < -0.3 is 14.8 Å². The van der Waals surface area contributed by atoms with Crippen LogP contribution in [0.1, 0.15) is 45.2 Å². The zero-order valence-corrected chi connectivity index (χ0v) is 13.3. The van der Waals surface area contributed by atoms with Crippen LogP contribution in [0.5, 0.6) is 0 Å². The molecule has 1 aromatic carbocycles. The molecule has 0 saturated heterocycles. The Hall–Kier alpha value is -0.900. The van der Waals surface area contributed by atoms with Gasteiger partial charge in [0.05, 0.1) is 18.2 Å². The Labute approximate surface area is 123 Å². The second kappa shape index (κ2) is 9.11. The molecule has 20 heavy (non-hydrogen) atoms. The van der Waals surface area contributed by atoms with Gasteiger partial charge in [0.15, 0.2) is 0 Å². The summed E-state index contributed by atoms with van der Waals surface area (Å²) < 4.78 is 11.2. The second-order valence-electron chi connectivity index (χ2n) is 5.71. The summed E-state index contributed by atoms with van der Waals surface area (Å²) in [6, 6.07) is 10.8. The van der Waals surface area contributed by atoms with Crippen LogP contribution in [-0.4, -0.2) is 32.5 Å². The number of ether oxygens (including phenoxy) is 2. The average molecular weight is 279 g/mol. The molecule has 1 rings (SSSR count). The monoisotopic (exact) mass is 279 g/mol. The fourth-order valence-corrected chi connectivity index (χ4v) is 1.90. The smallest absolute Gasteiger partial charge is 0.0661 e. The number of hydrogen-bond acceptors (Lipinski definition) is 3. The van der Waals surface area contributed by atoms with Gasteiger partial charge in [0.1, 0.15) is 0 Å². The minimum Gasteiger partial charge on any atom is -0.379 e. The van der Waals surface area contributed by atoms with E-state index in [0.29, 0.717) is 6.61 Å². The summed E-state index contributed by atoms with van der Waals surface area (Å²) in [6.07, 6.45) is 2.03. The van der Waals surface area contributed by atoms with Gasteiger partial charge in [-0.25, -0.2) is 0 Å². The molecule has 0 radical (unpaired) electrons. The van der Waals surface area contributed by atoms with Crippen molar-refractivity contribution in [3.63, 3.8) is 0 Å². The van der Waals surface area contributed by atoms with Crippen molar-refractivity contribution in [2.75, 3.05) is 26.9 Å². The first-order valence-corrected chi connectivity index (χ1v) is 7.50. The van der Waals surface area contributed by atoms with Gasteiger partial charge in [-0.15, -0.1) is 0 Å². The van der Waals surface area contributed by atoms with Gasteiger partial charge in [0.25, 0.3) is 0 Å². The first-order chi connectivity index (χ1) is 9.59. The van der Waals surface area contributed by atoms with Crippen LogP contribution < -0.4 is 5.32 Å². The van der Waals surface area contributed by atoms with Crippen LogP contribution in [0.4, 0.5) is 0 Å². The highest BCUT2D eigenvalue weighted by Gasteiger charge is 2.16. The fourth-order valence-electron chi connectivity index (χ4n) is 1.90. The summed E-state index contributed by atoms with van der Waals surface area (Å²) in [5.74, 6) is 0. The maximum Gasteiger partial charge on any atom is 0.0661 e. The molecule has 0 aliphatic heterocycles. The van der Waals surface area contributed by atoms with Crippen molar-refractivity contribution in [3.05, 3.63) is 35.9 Å². The third-order valence-electron chi connectivity index (χ3n) is 3.53. The molecule has 3 nitrogen and oxygen atoms in total. The molecule has 0 aromatic heterocycles. The standard InChI is InChI=1S/C17H29NO2/c1-5-12-18-16(15-9-7-6-8-10-15)14-20-13-11-17(2,3)19-4/h6-10,16,18H,5,11-14H2,1-4H3. The predicted octanol–water partition coefficient (Wildman–Crippen LogP) is 3.56. The zero-order chi connectivity index (χ0) is 14.8. The molecule has 0 spiro atoms. The van der Waals surface area contributed by atoms with Crippen LogP contribution >= 0.6 is 0 Å². The molecule has 1 unspecified atom stereocenters. The summed E-state index contributed by atoms with van der Waals surface area (Å²) in [6.45, 7) is 8.77. The lowest BCUT2D eigenvalue weighted by atomic mass is 10.1. The lowest BCUT2D eigenvalue weighted by Crippen LogP contribution is -2.28. The van der Waals surface area contributed by atoms with E-state index in [1.54, 1.807) is 7.11 Å². The van der Waals surface area contributed by atoms with Crippen molar-refractivity contribution in [2.45, 2.75) is 45.3 Å². The molecule has 0 bridgehead atoms. The van der Waals surface area contributed by atoms with Gasteiger partial charge in [0, 0.05) is 13.7 Å². The number of nitrogens with one attached hydrogen (secondary N) is 1. The SMILES string of the molecule is CCCNC(COCCC(C)(C)OC)c1ccccc1. The van der Waals surface area contributed by atoms with Crippen molar-refractivity contribution in [1.29, 1.82) is 0 Å². The minimum absolute atomic E-state index is 0.112. The van der Waals surface area contributed by atoms with Crippen molar-refractivity contribution >= 4 is 0 Å². The summed E-state index contributed by atoms with van der Waals surface area (Å²) in [5.41, 5.74) is 1.17. The number of methoxy groups -OCH3 is 1. The van der Waals surface area contributed by atoms with Crippen molar-refractivity contribution in [2.24, 2.45) is 0 Å². The van der Waals surface area contributed by atoms with Crippen LogP contribution in [-0.2, 0) is 9.47 Å². The Morgan fingerprint density at radius 1 is 1.20 bits per heavy atom. The van der Waals surface area contributed by atoms with Gasteiger partial charge in [-0.3, -0.25) is 0 Å². The highest BCUT2D eigenvalue weighted by atomic mass is 16.5. The van der Waals surface area contributed by atoms with Gasteiger partial charge in [0.2, 0.25) is 0 Å². The van der Waals surface area contributed by atoms with Crippen molar-refractivity contribution < 1.29 is 9.47 Å². The number of benzene rings is 1. The molecular formula is C17H29NO2. The maximum atomic E-state index is 5.84. The Balaban J connectivity index is 2.42. The minimum atomic E-state index is -0.112. The Morgan fingerprint density at radius 2 is 1.90 bits per heavy atom. The van der Waals surface area contributed by atoms with E-state index in [1.807, 2.05) is 6.07 Å². The molecule has 1 atom stereocenters. The largest absolute Gasteiger partial charge is 0.379 e. The van der Waals surface area contributed by atoms with E-state index in [0.717, 1.165) is 26.0 Å². The molecule has 1 aromatic rings. The summed E-state index contributed by atoms with van der Waals surface area (Å²) in [7, 11) is 1.75. The van der Waals surface area contributed by atoms with E-state index in [-0.39, 0.29) is 11.6 Å². The number of rotatable bonds is 10. The molecule has 0 fully saturated rings. The Kier molecular flexibility index (Phi) is 7.82. The van der Waals surface area contributed by atoms with Crippen LogP contribution in [0.3, 0.4) is 0 Å². The predicted molar refractivity (Wildman–Crippen MR) is 84.0 cm³/mol. The fraction of sp³-hybridized carbons (Fsp3) is 0.647. The molecule has 0 heterocycles. The van der Waals surface area contributed by atoms with E-state index in [4.69, 9.17) is 9.47 Å². The van der Waals surface area contributed by atoms with E-state index in [1.165, 1.54) is 5.56 Å². The van der Waals surface area contributed by atoms with Crippen LogP contribution in [0, 0.1) is 0 Å². The third-order valence-corrected chi connectivity index (χ3v) is 3.53. The molecular weight excluding hydrogens is 250 g/mol. The third kappa shape index (κ3) is 6.51. The van der Waals surface area contributed by atoms with E-state index < -0.39 is 0 Å². The van der Waals surface area contributed by atoms with Crippen LogP contribution in [0.15, 0.2) is 30.3 Å². The average Bonchev–Trinajstić information content (AvgIpc) is 2.47. The highest BCUT2D eigenvalue weighted by Crippen LogP contribution is 2.15.